The maximum absolute atomic E-state index is 11.5. The first kappa shape index (κ1) is 32.6. The van der Waals surface area contributed by atoms with Crippen LogP contribution in [0.3, 0.4) is 0 Å². The fraction of sp³-hybridized carbons (Fsp3) is 0.314. The van der Waals surface area contributed by atoms with Crippen molar-refractivity contribution >= 4 is 75.4 Å². The maximum atomic E-state index is 11.5. The minimum absolute atomic E-state index is 0. The van der Waals surface area contributed by atoms with Gasteiger partial charge in [-0.15, -0.1) is 0 Å². The zero-order chi connectivity index (χ0) is 29.0. The molecule has 1 atom stereocenters. The largest absolute Gasteiger partial charge is 2.00 e. The van der Waals surface area contributed by atoms with Gasteiger partial charge in [0.1, 0.15) is 0 Å². The van der Waals surface area contributed by atoms with Crippen molar-refractivity contribution < 1.29 is 17.9 Å². The van der Waals surface area contributed by atoms with Crippen LogP contribution in [0.2, 0.25) is 5.02 Å². The molecule has 1 aliphatic carbocycles. The van der Waals surface area contributed by atoms with Crippen LogP contribution in [0.5, 0.6) is 0 Å². The number of aryl methyl sites for hydroxylation is 1. The number of nitrogens with zero attached hydrogens (tertiary/aromatic N) is 1. The molecule has 1 aliphatic rings. The predicted octanol–water partition coefficient (Wildman–Crippen LogP) is 8.79. The molecule has 0 saturated heterocycles. The van der Waals surface area contributed by atoms with Crippen molar-refractivity contribution in [3.8, 4) is 0 Å². The van der Waals surface area contributed by atoms with Gasteiger partial charge in [-0.2, -0.15) is 11.8 Å². The van der Waals surface area contributed by atoms with E-state index in [0.29, 0.717) is 5.02 Å². The van der Waals surface area contributed by atoms with Crippen molar-refractivity contribution in [1.29, 1.82) is 0 Å². The number of hydrogen-bond acceptors (Lipinski definition) is 4. The standard InChI is InChI=1S/C35H36ClNO3S.Mg.2H/c1-34(2,40)30-9-4-3-7-25(30)13-17-32(41-23-35(18-19-35)22-33(38)39)27-8-5-6-24(20-27)10-15-29-16-12-26-11-14-28(36)21-31(26)37-29;;;/h3-12,14-16,20-21,32,40H,13,17-19,22-23H2,1-2H3,(H,38,39);;;/q;+2;2*-1/t32-;;;/m1.../s1. The molecule has 5 rings (SSSR count). The molecular formula is C35H38ClMgNO3S. The molecule has 0 unspecified atom stereocenters. The number of halogens is 1. The van der Waals surface area contributed by atoms with Gasteiger partial charge in [0, 0.05) is 21.4 Å². The molecule has 0 spiro atoms. The van der Waals surface area contributed by atoms with Gasteiger partial charge >= 0.3 is 29.0 Å². The van der Waals surface area contributed by atoms with Gasteiger partial charge in [0.2, 0.25) is 0 Å². The van der Waals surface area contributed by atoms with Crippen molar-refractivity contribution in [2.75, 3.05) is 5.75 Å². The number of hydrogen-bond donors (Lipinski definition) is 2. The van der Waals surface area contributed by atoms with E-state index in [1.165, 1.54) is 5.56 Å². The molecule has 1 aromatic heterocycles. The summed E-state index contributed by atoms with van der Waals surface area (Å²) < 4.78 is 0. The molecule has 42 heavy (non-hydrogen) atoms. The monoisotopic (exact) mass is 611 g/mol. The number of thioether (sulfide) groups is 1. The molecule has 0 bridgehead atoms. The normalized spacial score (nSPS) is 15.0. The zero-order valence-electron chi connectivity index (χ0n) is 26.2. The van der Waals surface area contributed by atoms with E-state index >= 15 is 0 Å². The number of carboxylic acids is 1. The molecule has 2 N–H and O–H groups in total. The first-order valence-corrected chi connectivity index (χ1v) is 15.5. The van der Waals surface area contributed by atoms with Crippen LogP contribution in [-0.4, -0.2) is 50.0 Å². The third-order valence-corrected chi connectivity index (χ3v) is 9.76. The summed E-state index contributed by atoms with van der Waals surface area (Å²) in [5.74, 6) is 0.122. The third kappa shape index (κ3) is 8.61. The second-order valence-corrected chi connectivity index (χ2v) is 13.3. The Morgan fingerprint density at radius 3 is 2.57 bits per heavy atom. The van der Waals surface area contributed by atoms with Gasteiger partial charge in [-0.25, -0.2) is 4.98 Å². The summed E-state index contributed by atoms with van der Waals surface area (Å²) in [6.45, 7) is 3.66. The summed E-state index contributed by atoms with van der Waals surface area (Å²) in [5.41, 5.74) is 5.15. The second-order valence-electron chi connectivity index (χ2n) is 11.7. The van der Waals surface area contributed by atoms with Crippen LogP contribution >= 0.6 is 23.4 Å². The van der Waals surface area contributed by atoms with Gasteiger partial charge in [-0.05, 0) is 91.5 Å². The number of rotatable bonds is 12. The minimum Gasteiger partial charge on any atom is -1.00 e. The van der Waals surface area contributed by atoms with Crippen LogP contribution in [0.25, 0.3) is 23.1 Å². The molecule has 0 radical (unpaired) electrons. The fourth-order valence-corrected chi connectivity index (χ4v) is 7.09. The Hall–Kier alpha value is -2.35. The van der Waals surface area contributed by atoms with E-state index in [0.717, 1.165) is 64.7 Å². The molecule has 1 heterocycles. The molecule has 7 heteroatoms. The Kier molecular flexibility index (Phi) is 10.8. The molecule has 4 nitrogen and oxygen atoms in total. The van der Waals surface area contributed by atoms with Crippen LogP contribution in [0, 0.1) is 5.41 Å². The quantitative estimate of drug-likeness (QED) is 0.157. The number of fused-ring (bicyclic) bond motifs is 1. The number of aliphatic carboxylic acids is 1. The average molecular weight is 613 g/mol. The molecule has 4 aromatic rings. The maximum Gasteiger partial charge on any atom is 2.00 e. The van der Waals surface area contributed by atoms with Gasteiger partial charge in [0.05, 0.1) is 23.2 Å². The molecular weight excluding hydrogens is 574 g/mol. The average Bonchev–Trinajstić information content (AvgIpc) is 3.70. The summed E-state index contributed by atoms with van der Waals surface area (Å²) in [7, 11) is 0. The molecule has 1 fully saturated rings. The van der Waals surface area contributed by atoms with Crippen LogP contribution in [-0.2, 0) is 16.8 Å². The Labute approximate surface area is 276 Å². The van der Waals surface area contributed by atoms with Crippen LogP contribution in [0.1, 0.15) is 75.6 Å². The van der Waals surface area contributed by atoms with Crippen molar-refractivity contribution in [1.82, 2.24) is 4.98 Å². The first-order valence-electron chi connectivity index (χ1n) is 14.1. The van der Waals surface area contributed by atoms with Gasteiger partial charge in [-0.1, -0.05) is 78.3 Å². The summed E-state index contributed by atoms with van der Waals surface area (Å²) in [6, 6.07) is 26.5. The number of carbonyl (C=O) groups is 1. The molecule has 1 saturated carbocycles. The third-order valence-electron chi connectivity index (χ3n) is 7.83. The summed E-state index contributed by atoms with van der Waals surface area (Å²) in [4.78, 5) is 16.2. The van der Waals surface area contributed by atoms with Gasteiger partial charge in [-0.3, -0.25) is 4.79 Å². The van der Waals surface area contributed by atoms with Gasteiger partial charge in [0.15, 0.2) is 0 Å². The molecule has 216 valence electrons. The van der Waals surface area contributed by atoms with E-state index in [9.17, 15) is 15.0 Å². The number of aromatic nitrogens is 1. The number of carboxylic acid groups (broad SMARTS) is 1. The van der Waals surface area contributed by atoms with E-state index in [-0.39, 0.29) is 43.0 Å². The van der Waals surface area contributed by atoms with E-state index in [1.54, 1.807) is 0 Å². The number of aliphatic hydroxyl groups is 1. The number of benzene rings is 3. The van der Waals surface area contributed by atoms with E-state index in [1.807, 2.05) is 74.1 Å². The summed E-state index contributed by atoms with van der Waals surface area (Å²) in [5, 5.41) is 22.1. The SMILES string of the molecule is CC(C)(O)c1ccccc1CC[C@@H](SCC1(CC(=O)O)CC1)c1cccc(C=Cc2ccc3ccc(Cl)cc3n2)c1.[H-].[H-].[Mg+2]. The molecule has 0 amide bonds. The van der Waals surface area contributed by atoms with E-state index in [4.69, 9.17) is 16.6 Å². The Bertz CT molecular complexity index is 1590. The predicted molar refractivity (Wildman–Crippen MR) is 179 cm³/mol. The first-order chi connectivity index (χ1) is 19.6. The van der Waals surface area contributed by atoms with Crippen molar-refractivity contribution in [3.63, 3.8) is 0 Å². The van der Waals surface area contributed by atoms with Crippen LogP contribution < -0.4 is 0 Å². The molecule has 3 aromatic carbocycles. The fourth-order valence-electron chi connectivity index (χ4n) is 5.36. The van der Waals surface area contributed by atoms with Crippen molar-refractivity contribution in [2.24, 2.45) is 5.41 Å². The van der Waals surface area contributed by atoms with Gasteiger partial charge < -0.3 is 13.1 Å². The summed E-state index contributed by atoms with van der Waals surface area (Å²) >= 11 is 8.04. The topological polar surface area (TPSA) is 70.4 Å². The zero-order valence-corrected chi connectivity index (χ0v) is 27.2. The Balaban J connectivity index is 0.00000225. The van der Waals surface area contributed by atoms with Gasteiger partial charge in [0.25, 0.3) is 0 Å². The number of pyridine rings is 1. The Morgan fingerprint density at radius 2 is 1.83 bits per heavy atom. The molecule has 0 aliphatic heterocycles. The van der Waals surface area contributed by atoms with Crippen LogP contribution in [0.4, 0.5) is 0 Å². The smallest absolute Gasteiger partial charge is 1.00 e. The minimum atomic E-state index is -0.911. The second kappa shape index (κ2) is 14.0. The summed E-state index contributed by atoms with van der Waals surface area (Å²) in [6.07, 6.45) is 8.02. The Morgan fingerprint density at radius 1 is 1.07 bits per heavy atom. The van der Waals surface area contributed by atoms with Crippen molar-refractivity contribution in [3.05, 3.63) is 112 Å². The van der Waals surface area contributed by atoms with Crippen molar-refractivity contribution in [2.45, 2.75) is 56.8 Å². The van der Waals surface area contributed by atoms with E-state index < -0.39 is 11.6 Å². The van der Waals surface area contributed by atoms with Crippen LogP contribution in [0.15, 0.2) is 78.9 Å². The van der Waals surface area contributed by atoms with E-state index in [2.05, 4.69) is 42.5 Å².